The van der Waals surface area contributed by atoms with Crippen LogP contribution in [0.1, 0.15) is 61.6 Å². The SMILES string of the molecule is CCc1ccc(C#N)c(C2CCCCC2)c1. The second-order valence-corrected chi connectivity index (χ2v) is 4.72. The van der Waals surface area contributed by atoms with E-state index in [4.69, 9.17) is 5.26 Å². The molecule has 0 heterocycles. The fourth-order valence-electron chi connectivity index (χ4n) is 2.69. The quantitative estimate of drug-likeness (QED) is 0.723. The first-order valence-electron chi connectivity index (χ1n) is 6.38. The Morgan fingerprint density at radius 1 is 1.25 bits per heavy atom. The van der Waals surface area contributed by atoms with Crippen molar-refractivity contribution < 1.29 is 0 Å². The monoisotopic (exact) mass is 213 g/mol. The predicted molar refractivity (Wildman–Crippen MR) is 66.4 cm³/mol. The van der Waals surface area contributed by atoms with Gasteiger partial charge in [0.2, 0.25) is 0 Å². The van der Waals surface area contributed by atoms with Crippen LogP contribution in [0.2, 0.25) is 0 Å². The van der Waals surface area contributed by atoms with Gasteiger partial charge in [-0.25, -0.2) is 0 Å². The molecular formula is C15H19N. The molecular weight excluding hydrogens is 194 g/mol. The van der Waals surface area contributed by atoms with E-state index in [1.807, 2.05) is 6.07 Å². The molecule has 0 amide bonds. The number of hydrogen-bond donors (Lipinski definition) is 0. The summed E-state index contributed by atoms with van der Waals surface area (Å²) in [5.41, 5.74) is 3.56. The second-order valence-electron chi connectivity index (χ2n) is 4.72. The van der Waals surface area contributed by atoms with Crippen molar-refractivity contribution in [3.8, 4) is 6.07 Å². The lowest BCUT2D eigenvalue weighted by Crippen LogP contribution is -2.07. The normalized spacial score (nSPS) is 17.0. The minimum absolute atomic E-state index is 0.634. The molecule has 1 aromatic carbocycles. The molecule has 0 N–H and O–H groups in total. The summed E-state index contributed by atoms with van der Waals surface area (Å²) >= 11 is 0. The largest absolute Gasteiger partial charge is 0.192 e. The molecule has 0 saturated heterocycles. The van der Waals surface area contributed by atoms with Gasteiger partial charge in [-0.2, -0.15) is 5.26 Å². The van der Waals surface area contributed by atoms with Crippen molar-refractivity contribution in [1.29, 1.82) is 5.26 Å². The van der Waals surface area contributed by atoms with E-state index in [1.165, 1.54) is 43.2 Å². The predicted octanol–water partition coefficient (Wildman–Crippen LogP) is 4.17. The standard InChI is InChI=1S/C15H19N/c1-2-12-8-9-14(11-16)15(10-12)13-6-4-3-5-7-13/h8-10,13H,2-7H2,1H3. The Kier molecular flexibility index (Phi) is 3.62. The molecule has 84 valence electrons. The highest BCUT2D eigenvalue weighted by Gasteiger charge is 2.18. The van der Waals surface area contributed by atoms with Crippen LogP contribution in [0.3, 0.4) is 0 Å². The molecule has 1 saturated carbocycles. The van der Waals surface area contributed by atoms with E-state index in [-0.39, 0.29) is 0 Å². The van der Waals surface area contributed by atoms with E-state index in [0.29, 0.717) is 5.92 Å². The molecule has 1 aliphatic rings. The van der Waals surface area contributed by atoms with Gasteiger partial charge in [0.25, 0.3) is 0 Å². The molecule has 1 nitrogen and oxygen atoms in total. The smallest absolute Gasteiger partial charge is 0.0994 e. The third kappa shape index (κ3) is 2.27. The Hall–Kier alpha value is -1.29. The molecule has 16 heavy (non-hydrogen) atoms. The summed E-state index contributed by atoms with van der Waals surface area (Å²) in [5.74, 6) is 0.634. The molecule has 2 rings (SSSR count). The van der Waals surface area contributed by atoms with Crippen molar-refractivity contribution in [2.75, 3.05) is 0 Å². The van der Waals surface area contributed by atoms with Gasteiger partial charge in [0, 0.05) is 0 Å². The number of aryl methyl sites for hydroxylation is 1. The average Bonchev–Trinajstić information content (AvgIpc) is 2.39. The molecule has 1 aromatic rings. The van der Waals surface area contributed by atoms with Crippen molar-refractivity contribution in [3.63, 3.8) is 0 Å². The molecule has 0 aromatic heterocycles. The molecule has 0 spiro atoms. The zero-order valence-corrected chi connectivity index (χ0v) is 10.00. The van der Waals surface area contributed by atoms with Crippen molar-refractivity contribution in [2.24, 2.45) is 0 Å². The molecule has 0 atom stereocenters. The van der Waals surface area contributed by atoms with E-state index in [9.17, 15) is 0 Å². The molecule has 0 bridgehead atoms. The summed E-state index contributed by atoms with van der Waals surface area (Å²) in [7, 11) is 0. The Morgan fingerprint density at radius 3 is 2.62 bits per heavy atom. The number of rotatable bonds is 2. The lowest BCUT2D eigenvalue weighted by atomic mass is 9.81. The van der Waals surface area contributed by atoms with E-state index in [2.05, 4.69) is 25.1 Å². The zero-order chi connectivity index (χ0) is 11.4. The Bertz CT molecular complexity index is 394. The Morgan fingerprint density at radius 2 is 2.00 bits per heavy atom. The van der Waals surface area contributed by atoms with Crippen LogP contribution in [0.5, 0.6) is 0 Å². The molecule has 1 aliphatic carbocycles. The summed E-state index contributed by atoms with van der Waals surface area (Å²) in [6.07, 6.45) is 7.61. The van der Waals surface area contributed by atoms with Gasteiger partial charge in [0.15, 0.2) is 0 Å². The highest BCUT2D eigenvalue weighted by Crippen LogP contribution is 2.34. The average molecular weight is 213 g/mol. The van der Waals surface area contributed by atoms with Crippen LogP contribution < -0.4 is 0 Å². The Balaban J connectivity index is 2.32. The van der Waals surface area contributed by atoms with Gasteiger partial charge in [0.1, 0.15) is 0 Å². The number of hydrogen-bond acceptors (Lipinski definition) is 1. The first-order chi connectivity index (χ1) is 7.85. The van der Waals surface area contributed by atoms with Crippen LogP contribution in [0.25, 0.3) is 0 Å². The van der Waals surface area contributed by atoms with Crippen LogP contribution >= 0.6 is 0 Å². The molecule has 0 unspecified atom stereocenters. The van der Waals surface area contributed by atoms with Gasteiger partial charge in [-0.05, 0) is 42.4 Å². The minimum atomic E-state index is 0.634. The second kappa shape index (κ2) is 5.16. The number of benzene rings is 1. The van der Waals surface area contributed by atoms with Crippen molar-refractivity contribution in [2.45, 2.75) is 51.4 Å². The van der Waals surface area contributed by atoms with E-state index in [0.717, 1.165) is 12.0 Å². The highest BCUT2D eigenvalue weighted by molar-refractivity contribution is 5.42. The fraction of sp³-hybridized carbons (Fsp3) is 0.533. The maximum Gasteiger partial charge on any atom is 0.0994 e. The summed E-state index contributed by atoms with van der Waals surface area (Å²) in [6, 6.07) is 8.69. The molecule has 1 fully saturated rings. The summed E-state index contributed by atoms with van der Waals surface area (Å²) < 4.78 is 0. The van der Waals surface area contributed by atoms with Crippen molar-refractivity contribution >= 4 is 0 Å². The third-order valence-electron chi connectivity index (χ3n) is 3.69. The molecule has 0 radical (unpaired) electrons. The van der Waals surface area contributed by atoms with Gasteiger partial charge in [-0.3, -0.25) is 0 Å². The lowest BCUT2D eigenvalue weighted by molar-refractivity contribution is 0.443. The third-order valence-corrected chi connectivity index (χ3v) is 3.69. The van der Waals surface area contributed by atoms with Crippen LogP contribution in [0.4, 0.5) is 0 Å². The van der Waals surface area contributed by atoms with Gasteiger partial charge in [0.05, 0.1) is 11.6 Å². The topological polar surface area (TPSA) is 23.8 Å². The van der Waals surface area contributed by atoms with Crippen LogP contribution in [-0.4, -0.2) is 0 Å². The lowest BCUT2D eigenvalue weighted by Gasteiger charge is -2.23. The van der Waals surface area contributed by atoms with Crippen LogP contribution in [0.15, 0.2) is 18.2 Å². The number of nitriles is 1. The maximum absolute atomic E-state index is 9.16. The van der Waals surface area contributed by atoms with E-state index >= 15 is 0 Å². The first kappa shape index (κ1) is 11.2. The maximum atomic E-state index is 9.16. The van der Waals surface area contributed by atoms with Crippen molar-refractivity contribution in [3.05, 3.63) is 34.9 Å². The Labute approximate surface area is 98.1 Å². The molecule has 1 heteroatoms. The van der Waals surface area contributed by atoms with E-state index < -0.39 is 0 Å². The summed E-state index contributed by atoms with van der Waals surface area (Å²) in [4.78, 5) is 0. The first-order valence-corrected chi connectivity index (χ1v) is 6.38. The fourth-order valence-corrected chi connectivity index (χ4v) is 2.69. The van der Waals surface area contributed by atoms with Gasteiger partial charge in [-0.1, -0.05) is 38.3 Å². The zero-order valence-electron chi connectivity index (χ0n) is 10.00. The van der Waals surface area contributed by atoms with E-state index in [1.54, 1.807) is 0 Å². The number of nitrogens with zero attached hydrogens (tertiary/aromatic N) is 1. The summed E-state index contributed by atoms with van der Waals surface area (Å²) in [6.45, 7) is 2.17. The van der Waals surface area contributed by atoms with Crippen LogP contribution in [-0.2, 0) is 6.42 Å². The van der Waals surface area contributed by atoms with Crippen molar-refractivity contribution in [1.82, 2.24) is 0 Å². The summed E-state index contributed by atoms with van der Waals surface area (Å²) in [5, 5.41) is 9.16. The molecule has 0 aliphatic heterocycles. The minimum Gasteiger partial charge on any atom is -0.192 e. The van der Waals surface area contributed by atoms with Gasteiger partial charge >= 0.3 is 0 Å². The van der Waals surface area contributed by atoms with Crippen LogP contribution in [0, 0.1) is 11.3 Å². The van der Waals surface area contributed by atoms with Gasteiger partial charge in [-0.15, -0.1) is 0 Å². The van der Waals surface area contributed by atoms with Gasteiger partial charge < -0.3 is 0 Å². The highest BCUT2D eigenvalue weighted by atomic mass is 14.3.